The summed E-state index contributed by atoms with van der Waals surface area (Å²) in [5.74, 6) is -0.897. The number of rotatable bonds is 5. The Kier molecular flexibility index (Phi) is 4.93. The van der Waals surface area contributed by atoms with Crippen LogP contribution in [0.3, 0.4) is 0 Å². The van der Waals surface area contributed by atoms with Crippen LogP contribution in [0.15, 0.2) is 18.2 Å². The quantitative estimate of drug-likeness (QED) is 0.888. The summed E-state index contributed by atoms with van der Waals surface area (Å²) in [4.78, 5) is 10.8. The highest BCUT2D eigenvalue weighted by atomic mass is 16.5. The first-order chi connectivity index (χ1) is 9.16. The first kappa shape index (κ1) is 14.0. The van der Waals surface area contributed by atoms with Gasteiger partial charge >= 0.3 is 5.97 Å². The van der Waals surface area contributed by atoms with Crippen molar-refractivity contribution in [3.05, 3.63) is 34.9 Å². The molecule has 0 aromatic heterocycles. The number of hydrogen-bond donors (Lipinski definition) is 1. The normalized spacial score (nSPS) is 19.3. The van der Waals surface area contributed by atoms with E-state index in [0.29, 0.717) is 18.8 Å². The average Bonchev–Trinajstić information content (AvgIpc) is 2.41. The highest BCUT2D eigenvalue weighted by Crippen LogP contribution is 2.15. The van der Waals surface area contributed by atoms with E-state index in [9.17, 15) is 4.79 Å². The first-order valence-electron chi connectivity index (χ1n) is 6.69. The number of carboxylic acids is 1. The summed E-state index contributed by atoms with van der Waals surface area (Å²) in [6.45, 7) is 3.86. The van der Waals surface area contributed by atoms with E-state index in [1.54, 1.807) is 12.1 Å². The summed E-state index contributed by atoms with van der Waals surface area (Å²) in [6, 6.07) is 5.11. The van der Waals surface area contributed by atoms with Gasteiger partial charge in [-0.2, -0.15) is 0 Å². The summed E-state index contributed by atoms with van der Waals surface area (Å²) in [6.07, 6.45) is 3.64. The summed E-state index contributed by atoms with van der Waals surface area (Å²) in [5, 5.41) is 8.90. The predicted octanol–water partition coefficient (Wildman–Crippen LogP) is 2.78. The van der Waals surface area contributed by atoms with Gasteiger partial charge in [0.15, 0.2) is 0 Å². The highest BCUT2D eigenvalue weighted by molar-refractivity contribution is 5.87. The molecule has 1 fully saturated rings. The Morgan fingerprint density at radius 2 is 2.32 bits per heavy atom. The van der Waals surface area contributed by atoms with Crippen molar-refractivity contribution in [2.75, 3.05) is 13.2 Å². The molecule has 1 aliphatic rings. The number of aryl methyl sites for hydroxylation is 1. The van der Waals surface area contributed by atoms with Crippen LogP contribution >= 0.6 is 0 Å². The standard InChI is InChI=1S/C15H20O4/c1-11-8-12(15(16)17)5-6-13(11)9-18-10-14-4-2-3-7-19-14/h5-6,8,14H,2-4,7,9-10H2,1H3,(H,16,17). The van der Waals surface area contributed by atoms with Crippen molar-refractivity contribution < 1.29 is 19.4 Å². The molecule has 104 valence electrons. The zero-order chi connectivity index (χ0) is 13.7. The van der Waals surface area contributed by atoms with E-state index in [2.05, 4.69) is 0 Å². The molecule has 2 rings (SSSR count). The Hall–Kier alpha value is -1.39. The van der Waals surface area contributed by atoms with Crippen LogP contribution in [-0.2, 0) is 16.1 Å². The molecule has 4 heteroatoms. The summed E-state index contributed by atoms with van der Waals surface area (Å²) in [5.41, 5.74) is 2.29. The van der Waals surface area contributed by atoms with E-state index in [0.717, 1.165) is 30.6 Å². The Balaban J connectivity index is 1.83. The molecule has 1 saturated heterocycles. The number of aromatic carboxylic acids is 1. The molecular formula is C15H20O4. The third-order valence-corrected chi connectivity index (χ3v) is 3.42. The predicted molar refractivity (Wildman–Crippen MR) is 71.4 cm³/mol. The zero-order valence-corrected chi connectivity index (χ0v) is 11.2. The summed E-state index contributed by atoms with van der Waals surface area (Å²) in [7, 11) is 0. The van der Waals surface area contributed by atoms with Crippen molar-refractivity contribution in [2.45, 2.75) is 38.9 Å². The van der Waals surface area contributed by atoms with E-state index in [1.165, 1.54) is 6.42 Å². The monoisotopic (exact) mass is 264 g/mol. The number of carbonyl (C=O) groups is 1. The van der Waals surface area contributed by atoms with Gasteiger partial charge in [0.2, 0.25) is 0 Å². The molecule has 4 nitrogen and oxygen atoms in total. The lowest BCUT2D eigenvalue weighted by molar-refractivity contribution is -0.0448. The lowest BCUT2D eigenvalue weighted by atomic mass is 10.1. The topological polar surface area (TPSA) is 55.8 Å². The van der Waals surface area contributed by atoms with Gasteiger partial charge in [0.1, 0.15) is 0 Å². The molecule has 0 spiro atoms. The SMILES string of the molecule is Cc1cc(C(=O)O)ccc1COCC1CCCCO1. The van der Waals surface area contributed by atoms with Crippen molar-refractivity contribution in [3.63, 3.8) is 0 Å². The second-order valence-electron chi connectivity index (χ2n) is 4.95. The first-order valence-corrected chi connectivity index (χ1v) is 6.69. The Morgan fingerprint density at radius 3 is 2.95 bits per heavy atom. The molecule has 0 bridgehead atoms. The third-order valence-electron chi connectivity index (χ3n) is 3.42. The van der Waals surface area contributed by atoms with Crippen LogP contribution in [0.1, 0.15) is 40.7 Å². The maximum absolute atomic E-state index is 10.8. The van der Waals surface area contributed by atoms with Gasteiger partial charge in [-0.05, 0) is 49.4 Å². The van der Waals surface area contributed by atoms with E-state index < -0.39 is 5.97 Å². The zero-order valence-electron chi connectivity index (χ0n) is 11.2. The van der Waals surface area contributed by atoms with Crippen molar-refractivity contribution >= 4 is 5.97 Å². The van der Waals surface area contributed by atoms with Crippen LogP contribution < -0.4 is 0 Å². The third kappa shape index (κ3) is 4.04. The fourth-order valence-corrected chi connectivity index (χ4v) is 2.23. The maximum atomic E-state index is 10.8. The molecular weight excluding hydrogens is 244 g/mol. The van der Waals surface area contributed by atoms with Crippen molar-refractivity contribution in [2.24, 2.45) is 0 Å². The number of benzene rings is 1. The maximum Gasteiger partial charge on any atom is 0.335 e. The molecule has 1 aliphatic heterocycles. The Bertz CT molecular complexity index is 436. The van der Waals surface area contributed by atoms with Gasteiger partial charge in [-0.15, -0.1) is 0 Å². The van der Waals surface area contributed by atoms with Crippen LogP contribution in [0.4, 0.5) is 0 Å². The molecule has 1 N–H and O–H groups in total. The van der Waals surface area contributed by atoms with Gasteiger partial charge in [0, 0.05) is 6.61 Å². The van der Waals surface area contributed by atoms with Gasteiger partial charge in [-0.1, -0.05) is 6.07 Å². The van der Waals surface area contributed by atoms with Crippen LogP contribution in [-0.4, -0.2) is 30.4 Å². The second kappa shape index (κ2) is 6.68. The Morgan fingerprint density at radius 1 is 1.47 bits per heavy atom. The minimum atomic E-state index is -0.897. The molecule has 1 aromatic carbocycles. The molecule has 1 heterocycles. The minimum Gasteiger partial charge on any atom is -0.478 e. The van der Waals surface area contributed by atoms with Gasteiger partial charge < -0.3 is 14.6 Å². The van der Waals surface area contributed by atoms with E-state index in [1.807, 2.05) is 13.0 Å². The number of hydrogen-bond acceptors (Lipinski definition) is 3. The van der Waals surface area contributed by atoms with Gasteiger partial charge in [-0.3, -0.25) is 0 Å². The summed E-state index contributed by atoms with van der Waals surface area (Å²) < 4.78 is 11.3. The molecule has 0 saturated carbocycles. The van der Waals surface area contributed by atoms with E-state index >= 15 is 0 Å². The fourth-order valence-electron chi connectivity index (χ4n) is 2.23. The highest BCUT2D eigenvalue weighted by Gasteiger charge is 2.14. The van der Waals surface area contributed by atoms with Crippen molar-refractivity contribution in [1.29, 1.82) is 0 Å². The molecule has 0 aliphatic carbocycles. The van der Waals surface area contributed by atoms with Crippen molar-refractivity contribution in [1.82, 2.24) is 0 Å². The van der Waals surface area contributed by atoms with Crippen LogP contribution in [0.2, 0.25) is 0 Å². The van der Waals surface area contributed by atoms with Crippen molar-refractivity contribution in [3.8, 4) is 0 Å². The second-order valence-corrected chi connectivity index (χ2v) is 4.95. The van der Waals surface area contributed by atoms with Crippen LogP contribution in [0.5, 0.6) is 0 Å². The number of carboxylic acid groups (broad SMARTS) is 1. The van der Waals surface area contributed by atoms with Gasteiger partial charge in [0.05, 0.1) is 24.9 Å². The lowest BCUT2D eigenvalue weighted by Gasteiger charge is -2.22. The largest absolute Gasteiger partial charge is 0.478 e. The fraction of sp³-hybridized carbons (Fsp3) is 0.533. The van der Waals surface area contributed by atoms with E-state index in [4.69, 9.17) is 14.6 Å². The molecule has 0 radical (unpaired) electrons. The van der Waals surface area contributed by atoms with E-state index in [-0.39, 0.29) is 6.10 Å². The minimum absolute atomic E-state index is 0.215. The molecule has 1 aromatic rings. The average molecular weight is 264 g/mol. The smallest absolute Gasteiger partial charge is 0.335 e. The van der Waals surface area contributed by atoms with Gasteiger partial charge in [-0.25, -0.2) is 4.79 Å². The molecule has 1 atom stereocenters. The number of ether oxygens (including phenoxy) is 2. The Labute approximate surface area is 113 Å². The lowest BCUT2D eigenvalue weighted by Crippen LogP contribution is -2.24. The van der Waals surface area contributed by atoms with Crippen LogP contribution in [0, 0.1) is 6.92 Å². The molecule has 0 amide bonds. The van der Waals surface area contributed by atoms with Gasteiger partial charge in [0.25, 0.3) is 0 Å². The van der Waals surface area contributed by atoms with Crippen LogP contribution in [0.25, 0.3) is 0 Å². The summed E-state index contributed by atoms with van der Waals surface area (Å²) >= 11 is 0. The molecule has 1 unspecified atom stereocenters. The molecule has 19 heavy (non-hydrogen) atoms.